The molecule has 1 saturated heterocycles. The Morgan fingerprint density at radius 3 is 2.50 bits per heavy atom. The van der Waals surface area contributed by atoms with Crippen molar-refractivity contribution in [3.63, 3.8) is 0 Å². The first-order valence-electron chi connectivity index (χ1n) is 11.4. The van der Waals surface area contributed by atoms with E-state index in [0.717, 1.165) is 17.7 Å². The highest BCUT2D eigenvalue weighted by atomic mass is 32.2. The Kier molecular flexibility index (Phi) is 7.90. The maximum Gasteiger partial charge on any atom is 0.310 e. The van der Waals surface area contributed by atoms with Gasteiger partial charge in [-0.3, -0.25) is 14.5 Å². The zero-order chi connectivity index (χ0) is 25.7. The predicted molar refractivity (Wildman–Crippen MR) is 129 cm³/mol. The summed E-state index contributed by atoms with van der Waals surface area (Å²) in [5.41, 5.74) is 1.65. The van der Waals surface area contributed by atoms with Gasteiger partial charge in [0.1, 0.15) is 12.3 Å². The molecule has 0 radical (unpaired) electrons. The highest BCUT2D eigenvalue weighted by Crippen LogP contribution is 2.13. The third kappa shape index (κ3) is 6.82. The van der Waals surface area contributed by atoms with Crippen LogP contribution in [0.25, 0.3) is 5.69 Å². The van der Waals surface area contributed by atoms with E-state index in [2.05, 4.69) is 5.10 Å². The minimum atomic E-state index is -2.95. The van der Waals surface area contributed by atoms with Crippen molar-refractivity contribution in [3.8, 4) is 5.69 Å². The third-order valence-corrected chi connectivity index (χ3v) is 7.48. The summed E-state index contributed by atoms with van der Waals surface area (Å²) in [6.45, 7) is 1.53. The van der Waals surface area contributed by atoms with Crippen molar-refractivity contribution in [2.45, 2.75) is 12.8 Å². The Labute approximate surface area is 207 Å². The number of nitrogens with zero attached hydrogens (tertiary/aromatic N) is 3. The second kappa shape index (κ2) is 11.1. The van der Waals surface area contributed by atoms with Crippen LogP contribution in [0.5, 0.6) is 0 Å². The summed E-state index contributed by atoms with van der Waals surface area (Å²) in [5, 5.41) is 4.27. The van der Waals surface area contributed by atoms with Crippen molar-refractivity contribution >= 4 is 15.8 Å². The fraction of sp³-hybridized carbons (Fsp3) is 0.320. The predicted octanol–water partition coefficient (Wildman–Crippen LogP) is 1.92. The average Bonchev–Trinajstić information content (AvgIpc) is 2.83. The molecule has 0 amide bonds. The van der Waals surface area contributed by atoms with E-state index < -0.39 is 27.4 Å². The minimum absolute atomic E-state index is 0.0452. The molecule has 4 rings (SSSR count). The van der Waals surface area contributed by atoms with E-state index in [-0.39, 0.29) is 47.8 Å². The number of halogens is 2. The van der Waals surface area contributed by atoms with Crippen LogP contribution >= 0.6 is 0 Å². The number of benzene rings is 2. The number of hydrogen-bond acceptors (Lipinski definition) is 7. The van der Waals surface area contributed by atoms with Crippen LogP contribution in [0, 0.1) is 11.6 Å². The van der Waals surface area contributed by atoms with E-state index in [1.165, 1.54) is 23.0 Å². The summed E-state index contributed by atoms with van der Waals surface area (Å²) >= 11 is 0. The van der Waals surface area contributed by atoms with Crippen molar-refractivity contribution in [1.29, 1.82) is 0 Å². The van der Waals surface area contributed by atoms with Crippen molar-refractivity contribution in [2.75, 3.05) is 37.7 Å². The highest BCUT2D eigenvalue weighted by molar-refractivity contribution is 7.91. The summed E-state index contributed by atoms with van der Waals surface area (Å²) in [4.78, 5) is 26.6. The van der Waals surface area contributed by atoms with Crippen LogP contribution in [0.15, 0.2) is 59.5 Å². The summed E-state index contributed by atoms with van der Waals surface area (Å²) in [5.74, 6) is -2.16. The summed E-state index contributed by atoms with van der Waals surface area (Å²) in [7, 11) is -2.95. The summed E-state index contributed by atoms with van der Waals surface area (Å²) < 4.78 is 56.4. The normalized spacial score (nSPS) is 15.5. The molecule has 0 saturated carbocycles. The number of aromatic nitrogens is 2. The standard InChI is InChI=1S/C25H25F2N3O5S/c26-21-5-4-20(17-22(21)27)30-7-6-24(31)23(28-30)15-18-2-1-3-19(14-18)16-25(32)35-11-8-29-9-12-36(33,34)13-10-29/h1-7,14,17H,8-13,15-16H2. The third-order valence-electron chi connectivity index (χ3n) is 5.87. The van der Waals surface area contributed by atoms with E-state index in [1.54, 1.807) is 24.3 Å². The molecule has 0 aliphatic carbocycles. The van der Waals surface area contributed by atoms with Crippen molar-refractivity contribution in [3.05, 3.63) is 93.4 Å². The lowest BCUT2D eigenvalue weighted by Crippen LogP contribution is -2.41. The van der Waals surface area contributed by atoms with Gasteiger partial charge in [0.15, 0.2) is 21.5 Å². The van der Waals surface area contributed by atoms with Gasteiger partial charge in [0.2, 0.25) is 5.43 Å². The van der Waals surface area contributed by atoms with Gasteiger partial charge in [-0.1, -0.05) is 24.3 Å². The molecule has 2 heterocycles. The van der Waals surface area contributed by atoms with Crippen LogP contribution in [0.1, 0.15) is 16.8 Å². The molecule has 1 aliphatic heterocycles. The molecule has 2 aromatic carbocycles. The van der Waals surface area contributed by atoms with E-state index in [1.807, 2.05) is 4.90 Å². The Balaban J connectivity index is 1.35. The molecular weight excluding hydrogens is 492 g/mol. The first kappa shape index (κ1) is 25.6. The van der Waals surface area contributed by atoms with E-state index in [4.69, 9.17) is 4.74 Å². The van der Waals surface area contributed by atoms with Gasteiger partial charge in [-0.05, 0) is 23.3 Å². The van der Waals surface area contributed by atoms with Crippen LogP contribution in [0.3, 0.4) is 0 Å². The molecule has 0 N–H and O–H groups in total. The largest absolute Gasteiger partial charge is 0.464 e. The Morgan fingerprint density at radius 1 is 1.00 bits per heavy atom. The molecular formula is C25H25F2N3O5S. The fourth-order valence-electron chi connectivity index (χ4n) is 3.86. The smallest absolute Gasteiger partial charge is 0.310 e. The Hall–Kier alpha value is -3.44. The molecule has 3 aromatic rings. The van der Waals surface area contributed by atoms with Gasteiger partial charge in [0, 0.05) is 44.4 Å². The second-order valence-corrected chi connectivity index (χ2v) is 10.9. The van der Waals surface area contributed by atoms with E-state index in [9.17, 15) is 26.8 Å². The van der Waals surface area contributed by atoms with Crippen molar-refractivity contribution in [1.82, 2.24) is 14.7 Å². The van der Waals surface area contributed by atoms with Crippen LogP contribution in [-0.2, 0) is 32.2 Å². The maximum absolute atomic E-state index is 13.6. The molecule has 0 spiro atoms. The van der Waals surface area contributed by atoms with Crippen LogP contribution in [0.4, 0.5) is 8.78 Å². The average molecular weight is 518 g/mol. The van der Waals surface area contributed by atoms with Crippen molar-refractivity contribution in [2.24, 2.45) is 0 Å². The summed E-state index contributed by atoms with van der Waals surface area (Å²) in [6.07, 6.45) is 1.61. The Bertz CT molecular complexity index is 1410. The number of rotatable bonds is 8. The zero-order valence-electron chi connectivity index (χ0n) is 19.4. The van der Waals surface area contributed by atoms with Gasteiger partial charge in [0.25, 0.3) is 0 Å². The monoisotopic (exact) mass is 517 g/mol. The van der Waals surface area contributed by atoms with E-state index >= 15 is 0 Å². The van der Waals surface area contributed by atoms with Crippen LogP contribution < -0.4 is 5.43 Å². The van der Waals surface area contributed by atoms with E-state index in [0.29, 0.717) is 25.2 Å². The van der Waals surface area contributed by atoms with Gasteiger partial charge in [0.05, 0.1) is 23.6 Å². The zero-order valence-corrected chi connectivity index (χ0v) is 20.2. The number of carbonyl (C=O) groups is 1. The molecule has 0 atom stereocenters. The summed E-state index contributed by atoms with van der Waals surface area (Å²) in [6, 6.07) is 11.8. The van der Waals surface area contributed by atoms with Crippen LogP contribution in [0.2, 0.25) is 0 Å². The molecule has 1 aliphatic rings. The second-order valence-electron chi connectivity index (χ2n) is 8.56. The van der Waals surface area contributed by atoms with Crippen LogP contribution in [-0.4, -0.2) is 66.8 Å². The van der Waals surface area contributed by atoms with Gasteiger partial charge < -0.3 is 4.74 Å². The van der Waals surface area contributed by atoms with Gasteiger partial charge in [-0.25, -0.2) is 21.9 Å². The van der Waals surface area contributed by atoms with Crippen molar-refractivity contribution < 1.29 is 26.7 Å². The van der Waals surface area contributed by atoms with Gasteiger partial charge >= 0.3 is 5.97 Å². The topological polar surface area (TPSA) is 98.6 Å². The maximum atomic E-state index is 13.6. The highest BCUT2D eigenvalue weighted by Gasteiger charge is 2.21. The molecule has 11 heteroatoms. The van der Waals surface area contributed by atoms with Gasteiger partial charge in [-0.15, -0.1) is 0 Å². The number of carbonyl (C=O) groups excluding carboxylic acids is 1. The van der Waals surface area contributed by atoms with Gasteiger partial charge in [-0.2, -0.15) is 5.10 Å². The number of esters is 1. The minimum Gasteiger partial charge on any atom is -0.464 e. The Morgan fingerprint density at radius 2 is 1.75 bits per heavy atom. The molecule has 1 fully saturated rings. The lowest BCUT2D eigenvalue weighted by atomic mass is 10.0. The molecule has 8 nitrogen and oxygen atoms in total. The molecule has 1 aromatic heterocycles. The number of ether oxygens (including phenoxy) is 1. The lowest BCUT2D eigenvalue weighted by molar-refractivity contribution is -0.143. The fourth-order valence-corrected chi connectivity index (χ4v) is 5.14. The lowest BCUT2D eigenvalue weighted by Gasteiger charge is -2.26. The molecule has 0 bridgehead atoms. The molecule has 190 valence electrons. The quantitative estimate of drug-likeness (QED) is 0.421. The SMILES string of the molecule is O=C(Cc1cccc(Cc2nn(-c3ccc(F)c(F)c3)ccc2=O)c1)OCCN1CCS(=O)(=O)CC1. The first-order chi connectivity index (χ1) is 17.2. The molecule has 36 heavy (non-hydrogen) atoms. The molecule has 0 unspecified atom stereocenters. The number of sulfone groups is 1. The first-order valence-corrected chi connectivity index (χ1v) is 13.2. The number of hydrogen-bond donors (Lipinski definition) is 0.